The highest BCUT2D eigenvalue weighted by molar-refractivity contribution is 5.50. The van der Waals surface area contributed by atoms with E-state index in [0.29, 0.717) is 5.82 Å². The second-order valence-corrected chi connectivity index (χ2v) is 2.93. The lowest BCUT2D eigenvalue weighted by Gasteiger charge is -2.07. The Bertz CT molecular complexity index is 294. The molecule has 0 spiro atoms. The minimum atomic E-state index is 0.534. The van der Waals surface area contributed by atoms with E-state index >= 15 is 0 Å². The Morgan fingerprint density at radius 1 is 1.69 bits per heavy atom. The zero-order valence-corrected chi connectivity index (χ0v) is 7.88. The largest absolute Gasteiger partial charge is 0.384 e. The number of hydrogen-bond acceptors (Lipinski definition) is 3. The Kier molecular flexibility index (Phi) is 3.31. The van der Waals surface area contributed by atoms with Gasteiger partial charge in [0.25, 0.3) is 0 Å². The van der Waals surface area contributed by atoms with E-state index in [1.165, 1.54) is 5.57 Å². The molecule has 0 atom stereocenters. The van der Waals surface area contributed by atoms with Crippen molar-refractivity contribution < 1.29 is 0 Å². The Labute approximate surface area is 78.7 Å². The second-order valence-electron chi connectivity index (χ2n) is 2.93. The predicted molar refractivity (Wildman–Crippen MR) is 56.6 cm³/mol. The van der Waals surface area contributed by atoms with Crippen LogP contribution in [-0.2, 0) is 0 Å². The maximum absolute atomic E-state index is 5.52. The van der Waals surface area contributed by atoms with E-state index in [2.05, 4.69) is 23.8 Å². The number of anilines is 2. The third-order valence-electron chi connectivity index (χ3n) is 1.82. The van der Waals surface area contributed by atoms with Crippen LogP contribution in [0.2, 0.25) is 0 Å². The van der Waals surface area contributed by atoms with Gasteiger partial charge in [0.1, 0.15) is 5.82 Å². The number of pyridine rings is 1. The van der Waals surface area contributed by atoms with Gasteiger partial charge in [-0.3, -0.25) is 0 Å². The lowest BCUT2D eigenvalue weighted by molar-refractivity contribution is 1.05. The molecule has 1 heterocycles. The molecule has 3 nitrogen and oxygen atoms in total. The number of aromatic nitrogens is 1. The van der Waals surface area contributed by atoms with Gasteiger partial charge in [0, 0.05) is 24.5 Å². The summed E-state index contributed by atoms with van der Waals surface area (Å²) in [6.07, 6.45) is 2.68. The van der Waals surface area contributed by atoms with E-state index in [1.807, 2.05) is 12.1 Å². The Balaban J connectivity index is 2.50. The van der Waals surface area contributed by atoms with Crippen LogP contribution in [0, 0.1) is 0 Å². The van der Waals surface area contributed by atoms with Crippen LogP contribution in [0.1, 0.15) is 13.3 Å². The molecule has 0 aliphatic carbocycles. The highest BCUT2D eigenvalue weighted by Gasteiger charge is 1.93. The molecular weight excluding hydrogens is 162 g/mol. The Hall–Kier alpha value is -1.51. The van der Waals surface area contributed by atoms with E-state index in [-0.39, 0.29) is 0 Å². The van der Waals surface area contributed by atoms with Gasteiger partial charge in [-0.1, -0.05) is 19.1 Å². The number of nitrogen functional groups attached to an aromatic ring is 1. The van der Waals surface area contributed by atoms with E-state index in [4.69, 9.17) is 5.73 Å². The molecule has 0 aliphatic heterocycles. The molecule has 0 saturated carbocycles. The third-order valence-corrected chi connectivity index (χ3v) is 1.82. The Morgan fingerprint density at radius 3 is 3.08 bits per heavy atom. The molecule has 0 unspecified atom stereocenters. The topological polar surface area (TPSA) is 50.9 Å². The molecule has 0 saturated heterocycles. The summed E-state index contributed by atoms with van der Waals surface area (Å²) in [7, 11) is 0. The van der Waals surface area contributed by atoms with Crippen LogP contribution in [-0.4, -0.2) is 11.5 Å². The maximum Gasteiger partial charge on any atom is 0.125 e. The second kappa shape index (κ2) is 4.50. The van der Waals surface area contributed by atoms with Crippen LogP contribution in [0.5, 0.6) is 0 Å². The van der Waals surface area contributed by atoms with Crippen LogP contribution in [0.15, 0.2) is 30.5 Å². The van der Waals surface area contributed by atoms with Gasteiger partial charge in [0.2, 0.25) is 0 Å². The zero-order valence-electron chi connectivity index (χ0n) is 7.88. The number of hydrogen-bond donors (Lipinski definition) is 2. The molecule has 3 N–H and O–H groups in total. The van der Waals surface area contributed by atoms with Crippen molar-refractivity contribution in [2.75, 3.05) is 17.6 Å². The van der Waals surface area contributed by atoms with Crippen molar-refractivity contribution in [1.82, 2.24) is 4.98 Å². The summed E-state index contributed by atoms with van der Waals surface area (Å²) >= 11 is 0. The monoisotopic (exact) mass is 177 g/mol. The van der Waals surface area contributed by atoms with Crippen molar-refractivity contribution in [1.29, 1.82) is 0 Å². The van der Waals surface area contributed by atoms with Crippen LogP contribution in [0.4, 0.5) is 11.5 Å². The fourth-order valence-corrected chi connectivity index (χ4v) is 0.910. The predicted octanol–water partition coefficient (Wildman–Crippen LogP) is 2.04. The van der Waals surface area contributed by atoms with Crippen LogP contribution < -0.4 is 11.1 Å². The summed E-state index contributed by atoms with van der Waals surface area (Å²) in [5, 5.41) is 3.22. The fourth-order valence-electron chi connectivity index (χ4n) is 0.910. The van der Waals surface area contributed by atoms with Crippen molar-refractivity contribution in [2.24, 2.45) is 0 Å². The minimum Gasteiger partial charge on any atom is -0.384 e. The van der Waals surface area contributed by atoms with Gasteiger partial charge < -0.3 is 11.1 Å². The smallest absolute Gasteiger partial charge is 0.125 e. The van der Waals surface area contributed by atoms with Gasteiger partial charge in [-0.2, -0.15) is 0 Å². The summed E-state index contributed by atoms with van der Waals surface area (Å²) in [5.74, 6) is 0.534. The molecule has 70 valence electrons. The average molecular weight is 177 g/mol. The average Bonchev–Trinajstić information content (AvgIpc) is 2.14. The first-order valence-corrected chi connectivity index (χ1v) is 4.34. The van der Waals surface area contributed by atoms with Gasteiger partial charge in [0.05, 0.1) is 0 Å². The van der Waals surface area contributed by atoms with Crippen molar-refractivity contribution in [3.63, 3.8) is 0 Å². The third kappa shape index (κ3) is 3.15. The minimum absolute atomic E-state index is 0.534. The van der Waals surface area contributed by atoms with Gasteiger partial charge in [-0.25, -0.2) is 4.98 Å². The van der Waals surface area contributed by atoms with Crippen LogP contribution in [0.3, 0.4) is 0 Å². The number of nitrogens with zero attached hydrogens (tertiary/aromatic N) is 1. The van der Waals surface area contributed by atoms with E-state index in [9.17, 15) is 0 Å². The SMILES string of the molecule is C=C(CC)CNc1ccnc(N)c1. The molecule has 1 rings (SSSR count). The first-order chi connectivity index (χ1) is 6.22. The molecule has 0 bridgehead atoms. The first kappa shape index (κ1) is 9.58. The maximum atomic E-state index is 5.52. The lowest BCUT2D eigenvalue weighted by Crippen LogP contribution is -2.04. The number of nitrogens with two attached hydrogens (primary N) is 1. The summed E-state index contributed by atoms with van der Waals surface area (Å²) < 4.78 is 0. The fraction of sp³-hybridized carbons (Fsp3) is 0.300. The Morgan fingerprint density at radius 2 is 2.46 bits per heavy atom. The van der Waals surface area contributed by atoms with Crippen molar-refractivity contribution >= 4 is 11.5 Å². The van der Waals surface area contributed by atoms with Crippen LogP contribution in [0.25, 0.3) is 0 Å². The highest BCUT2D eigenvalue weighted by atomic mass is 14.9. The molecule has 0 amide bonds. The molecule has 0 radical (unpaired) electrons. The molecule has 1 aromatic rings. The molecule has 1 aromatic heterocycles. The van der Waals surface area contributed by atoms with E-state index < -0.39 is 0 Å². The van der Waals surface area contributed by atoms with Crippen molar-refractivity contribution in [3.05, 3.63) is 30.5 Å². The molecule has 0 aromatic carbocycles. The van der Waals surface area contributed by atoms with Gasteiger partial charge in [-0.05, 0) is 12.5 Å². The number of nitrogens with one attached hydrogen (secondary N) is 1. The molecule has 0 fully saturated rings. The lowest BCUT2D eigenvalue weighted by atomic mass is 10.2. The molecule has 3 heteroatoms. The molecule has 13 heavy (non-hydrogen) atoms. The number of rotatable bonds is 4. The standard InChI is InChI=1S/C10H15N3/c1-3-8(2)7-13-9-4-5-12-10(11)6-9/h4-6H,2-3,7H2,1H3,(H3,11,12,13). The summed E-state index contributed by atoms with van der Waals surface area (Å²) in [5.41, 5.74) is 7.69. The zero-order chi connectivity index (χ0) is 9.68. The summed E-state index contributed by atoms with van der Waals surface area (Å²) in [4.78, 5) is 3.90. The van der Waals surface area contributed by atoms with Gasteiger partial charge in [0.15, 0.2) is 0 Å². The summed E-state index contributed by atoms with van der Waals surface area (Å²) in [6, 6.07) is 3.70. The van der Waals surface area contributed by atoms with E-state index in [0.717, 1.165) is 18.7 Å². The van der Waals surface area contributed by atoms with E-state index in [1.54, 1.807) is 6.20 Å². The van der Waals surface area contributed by atoms with Gasteiger partial charge in [-0.15, -0.1) is 0 Å². The quantitative estimate of drug-likeness (QED) is 0.692. The molecular formula is C10H15N3. The molecule has 0 aliphatic rings. The first-order valence-electron chi connectivity index (χ1n) is 4.34. The summed E-state index contributed by atoms with van der Waals surface area (Å²) in [6.45, 7) is 6.78. The highest BCUT2D eigenvalue weighted by Crippen LogP contribution is 2.09. The van der Waals surface area contributed by atoms with Crippen molar-refractivity contribution in [3.8, 4) is 0 Å². The van der Waals surface area contributed by atoms with Crippen molar-refractivity contribution in [2.45, 2.75) is 13.3 Å². The normalized spacial score (nSPS) is 9.62. The van der Waals surface area contributed by atoms with Crippen LogP contribution >= 0.6 is 0 Å². The van der Waals surface area contributed by atoms with Gasteiger partial charge >= 0.3 is 0 Å².